The average molecular weight is 348 g/mol. The van der Waals surface area contributed by atoms with Crippen LogP contribution in [0.3, 0.4) is 0 Å². The van der Waals surface area contributed by atoms with E-state index < -0.39 is 11.8 Å². The third-order valence-corrected chi connectivity index (χ3v) is 5.03. The van der Waals surface area contributed by atoms with Gasteiger partial charge in [-0.05, 0) is 58.6 Å². The number of hydrogen-bond acceptors (Lipinski definition) is 3. The van der Waals surface area contributed by atoms with E-state index in [9.17, 15) is 9.59 Å². The molecule has 1 aliphatic carbocycles. The average Bonchev–Trinajstić information content (AvgIpc) is 3.02. The van der Waals surface area contributed by atoms with Gasteiger partial charge in [0.05, 0.1) is 0 Å². The fraction of sp³-hybridized carbons (Fsp3) is 0.150. The van der Waals surface area contributed by atoms with Crippen LogP contribution in [-0.2, 0) is 22.4 Å². The zero-order valence-corrected chi connectivity index (χ0v) is 14.4. The molecule has 2 aromatic carbocycles. The first-order valence-electron chi connectivity index (χ1n) is 8.13. The highest BCUT2D eigenvalue weighted by Gasteiger charge is 2.32. The molecular formula is C20H16N2O2S. The number of carbonyl (C=O) groups is 2. The topological polar surface area (TPSA) is 49.4 Å². The van der Waals surface area contributed by atoms with Crippen LogP contribution in [0.2, 0.25) is 0 Å². The van der Waals surface area contributed by atoms with Gasteiger partial charge in [0.25, 0.3) is 11.8 Å². The molecule has 2 amide bonds. The molecule has 5 heteroatoms. The van der Waals surface area contributed by atoms with Crippen LogP contribution >= 0.6 is 12.2 Å². The third kappa shape index (κ3) is 2.48. The number of hydrogen-bond donors (Lipinski definition) is 1. The number of nitrogens with zero attached hydrogens (tertiary/aromatic N) is 1. The van der Waals surface area contributed by atoms with Crippen molar-refractivity contribution in [3.8, 4) is 0 Å². The molecule has 1 N–H and O–H groups in total. The van der Waals surface area contributed by atoms with Crippen molar-refractivity contribution in [2.45, 2.75) is 12.8 Å². The van der Waals surface area contributed by atoms with Gasteiger partial charge in [-0.2, -0.15) is 0 Å². The Morgan fingerprint density at radius 2 is 1.92 bits per heavy atom. The van der Waals surface area contributed by atoms with Gasteiger partial charge in [0, 0.05) is 6.54 Å². The zero-order chi connectivity index (χ0) is 17.6. The number of amides is 2. The lowest BCUT2D eigenvalue weighted by Crippen LogP contribution is -2.53. The second-order valence-electron chi connectivity index (χ2n) is 6.18. The Balaban J connectivity index is 1.84. The Bertz CT molecular complexity index is 980. The summed E-state index contributed by atoms with van der Waals surface area (Å²) < 4.78 is 0. The van der Waals surface area contributed by atoms with E-state index in [-0.39, 0.29) is 17.2 Å². The number of rotatable bonds is 3. The fourth-order valence-corrected chi connectivity index (χ4v) is 3.79. The first-order chi connectivity index (χ1) is 12.1. The first kappa shape index (κ1) is 15.7. The zero-order valence-electron chi connectivity index (χ0n) is 13.5. The normalized spacial score (nSPS) is 18.2. The van der Waals surface area contributed by atoms with Crippen molar-refractivity contribution in [2.24, 2.45) is 0 Å². The van der Waals surface area contributed by atoms with E-state index in [0.29, 0.717) is 0 Å². The molecule has 4 rings (SSSR count). The number of thiocarbonyl (C=S) groups is 1. The molecule has 1 saturated heterocycles. The van der Waals surface area contributed by atoms with Crippen molar-refractivity contribution < 1.29 is 9.59 Å². The summed E-state index contributed by atoms with van der Waals surface area (Å²) in [5.74, 6) is -0.851. The summed E-state index contributed by atoms with van der Waals surface area (Å²) in [7, 11) is 0. The third-order valence-electron chi connectivity index (χ3n) is 4.71. The highest BCUT2D eigenvalue weighted by Crippen LogP contribution is 2.33. The van der Waals surface area contributed by atoms with E-state index in [1.807, 2.05) is 18.2 Å². The number of benzene rings is 2. The van der Waals surface area contributed by atoms with Crippen LogP contribution in [0, 0.1) is 0 Å². The van der Waals surface area contributed by atoms with Crippen LogP contribution in [0.15, 0.2) is 48.6 Å². The van der Waals surface area contributed by atoms with Gasteiger partial charge < -0.3 is 0 Å². The SMILES string of the molecule is C=CCN1C(=O)/C(=C\c2ccc3c4c(cccc24)CC3)C(=O)NC1=S. The summed E-state index contributed by atoms with van der Waals surface area (Å²) in [4.78, 5) is 26.3. The Morgan fingerprint density at radius 1 is 1.16 bits per heavy atom. The molecule has 1 heterocycles. The second-order valence-corrected chi connectivity index (χ2v) is 6.56. The van der Waals surface area contributed by atoms with E-state index in [0.717, 1.165) is 23.8 Å². The maximum Gasteiger partial charge on any atom is 0.265 e. The van der Waals surface area contributed by atoms with Gasteiger partial charge in [-0.25, -0.2) is 0 Å². The van der Waals surface area contributed by atoms with Crippen LogP contribution < -0.4 is 5.32 Å². The summed E-state index contributed by atoms with van der Waals surface area (Å²) in [6.07, 6.45) is 5.32. The molecule has 0 bridgehead atoms. The highest BCUT2D eigenvalue weighted by molar-refractivity contribution is 7.80. The first-order valence-corrected chi connectivity index (χ1v) is 8.54. The molecule has 4 nitrogen and oxygen atoms in total. The molecule has 0 unspecified atom stereocenters. The van der Waals surface area contributed by atoms with Gasteiger partial charge in [-0.1, -0.05) is 36.4 Å². The predicted octanol–water partition coefficient (Wildman–Crippen LogP) is 2.75. The van der Waals surface area contributed by atoms with Gasteiger partial charge in [-0.15, -0.1) is 6.58 Å². The van der Waals surface area contributed by atoms with Gasteiger partial charge in [0.2, 0.25) is 0 Å². The van der Waals surface area contributed by atoms with Gasteiger partial charge in [0.1, 0.15) is 5.57 Å². The summed E-state index contributed by atoms with van der Waals surface area (Å²) in [5.41, 5.74) is 3.60. The van der Waals surface area contributed by atoms with Crippen molar-refractivity contribution in [3.05, 3.63) is 65.3 Å². The smallest absolute Gasteiger partial charge is 0.265 e. The largest absolute Gasteiger partial charge is 0.298 e. The van der Waals surface area contributed by atoms with E-state index >= 15 is 0 Å². The summed E-state index contributed by atoms with van der Waals surface area (Å²) in [6, 6.07) is 10.3. The maximum absolute atomic E-state index is 12.7. The molecule has 2 aliphatic rings. The van der Waals surface area contributed by atoms with Gasteiger partial charge in [0.15, 0.2) is 5.11 Å². The number of nitrogens with one attached hydrogen (secondary N) is 1. The fourth-order valence-electron chi connectivity index (χ4n) is 3.54. The molecule has 2 aromatic rings. The van der Waals surface area contributed by atoms with Crippen molar-refractivity contribution in [1.82, 2.24) is 10.2 Å². The molecule has 0 saturated carbocycles. The van der Waals surface area contributed by atoms with Crippen molar-refractivity contribution in [3.63, 3.8) is 0 Å². The summed E-state index contributed by atoms with van der Waals surface area (Å²) in [6.45, 7) is 3.90. The van der Waals surface area contributed by atoms with Crippen LogP contribution in [0.5, 0.6) is 0 Å². The Labute approximate surface area is 150 Å². The lowest BCUT2D eigenvalue weighted by Gasteiger charge is -2.27. The second kappa shape index (κ2) is 5.93. The highest BCUT2D eigenvalue weighted by atomic mass is 32.1. The quantitative estimate of drug-likeness (QED) is 0.402. The predicted molar refractivity (Wildman–Crippen MR) is 102 cm³/mol. The van der Waals surface area contributed by atoms with Gasteiger partial charge >= 0.3 is 0 Å². The number of aryl methyl sites for hydroxylation is 2. The lowest BCUT2D eigenvalue weighted by molar-refractivity contribution is -0.128. The Hall–Kier alpha value is -2.79. The summed E-state index contributed by atoms with van der Waals surface area (Å²) >= 11 is 5.08. The monoisotopic (exact) mass is 348 g/mol. The van der Waals surface area contributed by atoms with Crippen molar-refractivity contribution in [1.29, 1.82) is 0 Å². The molecule has 0 aromatic heterocycles. The lowest BCUT2D eigenvalue weighted by atomic mass is 9.97. The van der Waals surface area contributed by atoms with Crippen LogP contribution in [-0.4, -0.2) is 28.4 Å². The summed E-state index contributed by atoms with van der Waals surface area (Å²) in [5, 5.41) is 5.02. The van der Waals surface area contributed by atoms with Crippen LogP contribution in [0.25, 0.3) is 16.8 Å². The van der Waals surface area contributed by atoms with Crippen LogP contribution in [0.4, 0.5) is 0 Å². The Kier molecular flexibility index (Phi) is 3.73. The molecule has 1 fully saturated rings. The minimum Gasteiger partial charge on any atom is -0.298 e. The molecule has 0 spiro atoms. The van der Waals surface area contributed by atoms with Crippen LogP contribution in [0.1, 0.15) is 16.7 Å². The molecule has 0 radical (unpaired) electrons. The minimum atomic E-state index is -0.460. The molecule has 25 heavy (non-hydrogen) atoms. The van der Waals surface area contributed by atoms with Gasteiger partial charge in [-0.3, -0.25) is 19.8 Å². The molecule has 1 aliphatic heterocycles. The molecular weight excluding hydrogens is 332 g/mol. The molecule has 0 atom stereocenters. The van der Waals surface area contributed by atoms with E-state index in [4.69, 9.17) is 12.2 Å². The van der Waals surface area contributed by atoms with E-state index in [1.165, 1.54) is 21.4 Å². The van der Waals surface area contributed by atoms with Crippen molar-refractivity contribution >= 4 is 46.0 Å². The van der Waals surface area contributed by atoms with E-state index in [1.54, 1.807) is 12.2 Å². The van der Waals surface area contributed by atoms with Crippen molar-refractivity contribution in [2.75, 3.05) is 6.54 Å². The minimum absolute atomic E-state index is 0.0918. The van der Waals surface area contributed by atoms with E-state index in [2.05, 4.69) is 24.0 Å². The maximum atomic E-state index is 12.7. The standard InChI is InChI=1S/C20H16N2O2S/c1-2-10-22-19(24)16(18(23)21-20(22)25)11-14-9-8-13-7-6-12-4-3-5-15(14)17(12)13/h2-5,8-9,11H,1,6-7,10H2,(H,21,23,25)/b16-11-. The number of carbonyl (C=O) groups excluding carboxylic acids is 2. The Morgan fingerprint density at radius 3 is 2.68 bits per heavy atom. The molecule has 124 valence electrons.